The van der Waals surface area contributed by atoms with Gasteiger partial charge in [0, 0.05) is 5.69 Å². The van der Waals surface area contributed by atoms with Gasteiger partial charge in [0.15, 0.2) is 0 Å². The first kappa shape index (κ1) is 9.07. The molecule has 1 aromatic rings. The van der Waals surface area contributed by atoms with Gasteiger partial charge in [0.05, 0.1) is 18.1 Å². The van der Waals surface area contributed by atoms with Gasteiger partial charge in [-0.15, -0.1) is 0 Å². The Morgan fingerprint density at radius 3 is 2.85 bits per heavy atom. The summed E-state index contributed by atoms with van der Waals surface area (Å²) < 4.78 is 0. The molecule has 1 aromatic carbocycles. The maximum atomic E-state index is 10.7. The van der Waals surface area contributed by atoms with Crippen LogP contribution in [0.3, 0.4) is 0 Å². The van der Waals surface area contributed by atoms with Gasteiger partial charge in [0.25, 0.3) is 0 Å². The summed E-state index contributed by atoms with van der Waals surface area (Å²) in [5.41, 5.74) is 6.39. The lowest BCUT2D eigenvalue weighted by molar-refractivity contribution is 0.0696. The molecule has 0 saturated carbocycles. The van der Waals surface area contributed by atoms with Gasteiger partial charge in [-0.25, -0.2) is 4.79 Å². The average Bonchev–Trinajstić information content (AvgIpc) is 2.08. The van der Waals surface area contributed by atoms with Crippen molar-refractivity contribution in [1.29, 1.82) is 5.26 Å². The summed E-state index contributed by atoms with van der Waals surface area (Å²) in [7, 11) is 0. The molecule has 13 heavy (non-hydrogen) atoms. The van der Waals surface area contributed by atoms with Crippen LogP contribution in [0.2, 0.25) is 0 Å². The maximum Gasteiger partial charge on any atom is 0.336 e. The van der Waals surface area contributed by atoms with Gasteiger partial charge in [-0.2, -0.15) is 5.26 Å². The number of anilines is 1. The van der Waals surface area contributed by atoms with E-state index in [4.69, 9.17) is 16.1 Å². The lowest BCUT2D eigenvalue weighted by Gasteiger charge is -2.02. The van der Waals surface area contributed by atoms with E-state index in [0.29, 0.717) is 11.3 Å². The predicted octanol–water partition coefficient (Wildman–Crippen LogP) is 1.03. The highest BCUT2D eigenvalue weighted by atomic mass is 16.4. The smallest absolute Gasteiger partial charge is 0.336 e. The fourth-order valence-electron chi connectivity index (χ4n) is 1.03. The number of carboxylic acids is 1. The van der Waals surface area contributed by atoms with E-state index in [1.807, 2.05) is 6.07 Å². The second-order valence-electron chi connectivity index (χ2n) is 2.56. The molecule has 0 aromatic heterocycles. The Morgan fingerprint density at radius 2 is 2.31 bits per heavy atom. The first-order chi connectivity index (χ1) is 6.15. The highest BCUT2D eigenvalue weighted by Crippen LogP contribution is 2.13. The molecule has 0 atom stereocenters. The third kappa shape index (κ3) is 1.97. The zero-order valence-electron chi connectivity index (χ0n) is 6.82. The standard InChI is InChI=1S/C9H8N2O2/c10-4-3-6-1-2-7(11)5-8(6)9(12)13/h1-2,5H,3,11H2,(H,12,13). The van der Waals surface area contributed by atoms with Crippen molar-refractivity contribution in [1.82, 2.24) is 0 Å². The Morgan fingerprint density at radius 1 is 1.62 bits per heavy atom. The van der Waals surface area contributed by atoms with E-state index in [9.17, 15) is 4.79 Å². The zero-order valence-corrected chi connectivity index (χ0v) is 6.82. The first-order valence-corrected chi connectivity index (χ1v) is 3.64. The molecule has 0 amide bonds. The molecule has 0 saturated heterocycles. The number of nitrogen functional groups attached to an aromatic ring is 1. The molecule has 0 heterocycles. The van der Waals surface area contributed by atoms with Crippen LogP contribution < -0.4 is 5.73 Å². The number of carboxylic acid groups (broad SMARTS) is 1. The molecule has 3 N–H and O–H groups in total. The zero-order chi connectivity index (χ0) is 9.84. The number of nitriles is 1. The molecule has 0 unspecified atom stereocenters. The Balaban J connectivity index is 3.20. The molecule has 4 heteroatoms. The van der Waals surface area contributed by atoms with Crippen molar-refractivity contribution in [2.75, 3.05) is 5.73 Å². The Kier molecular flexibility index (Phi) is 2.50. The predicted molar refractivity (Wildman–Crippen MR) is 47.1 cm³/mol. The highest BCUT2D eigenvalue weighted by molar-refractivity contribution is 5.90. The second-order valence-corrected chi connectivity index (χ2v) is 2.56. The van der Waals surface area contributed by atoms with E-state index in [0.717, 1.165) is 0 Å². The van der Waals surface area contributed by atoms with Crippen LogP contribution in [0.1, 0.15) is 15.9 Å². The van der Waals surface area contributed by atoms with Crippen LogP contribution in [-0.2, 0) is 6.42 Å². The van der Waals surface area contributed by atoms with Gasteiger partial charge in [-0.1, -0.05) is 6.07 Å². The van der Waals surface area contributed by atoms with Crippen LogP contribution in [-0.4, -0.2) is 11.1 Å². The van der Waals surface area contributed by atoms with E-state index >= 15 is 0 Å². The number of hydrogen-bond donors (Lipinski definition) is 2. The number of rotatable bonds is 2. The topological polar surface area (TPSA) is 87.1 Å². The van der Waals surface area contributed by atoms with Gasteiger partial charge < -0.3 is 10.8 Å². The molecular formula is C9H8N2O2. The lowest BCUT2D eigenvalue weighted by Crippen LogP contribution is -2.03. The fourth-order valence-corrected chi connectivity index (χ4v) is 1.03. The monoisotopic (exact) mass is 176 g/mol. The van der Waals surface area contributed by atoms with Crippen molar-refractivity contribution in [2.24, 2.45) is 0 Å². The van der Waals surface area contributed by atoms with E-state index in [-0.39, 0.29) is 12.0 Å². The summed E-state index contributed by atoms with van der Waals surface area (Å²) in [6.45, 7) is 0. The quantitative estimate of drug-likeness (QED) is 0.659. The van der Waals surface area contributed by atoms with E-state index in [2.05, 4.69) is 0 Å². The fraction of sp³-hybridized carbons (Fsp3) is 0.111. The van der Waals surface area contributed by atoms with E-state index in [1.54, 1.807) is 12.1 Å². The lowest BCUT2D eigenvalue weighted by atomic mass is 10.0. The van der Waals surface area contributed by atoms with Gasteiger partial charge in [-0.05, 0) is 17.7 Å². The summed E-state index contributed by atoms with van der Waals surface area (Å²) in [6, 6.07) is 6.39. The van der Waals surface area contributed by atoms with Crippen molar-refractivity contribution in [3.8, 4) is 6.07 Å². The molecule has 0 aliphatic heterocycles. The van der Waals surface area contributed by atoms with Crippen LogP contribution in [0.15, 0.2) is 18.2 Å². The van der Waals surface area contributed by atoms with Crippen molar-refractivity contribution < 1.29 is 9.90 Å². The Hall–Kier alpha value is -2.02. The number of aromatic carboxylic acids is 1. The summed E-state index contributed by atoms with van der Waals surface area (Å²) in [6.07, 6.45) is 0.0852. The molecule has 0 aliphatic rings. The van der Waals surface area contributed by atoms with Crippen molar-refractivity contribution in [3.63, 3.8) is 0 Å². The molecule has 66 valence electrons. The number of carbonyl (C=O) groups is 1. The number of nitrogens with two attached hydrogens (primary N) is 1. The number of benzene rings is 1. The van der Waals surface area contributed by atoms with Crippen molar-refractivity contribution in [3.05, 3.63) is 29.3 Å². The summed E-state index contributed by atoms with van der Waals surface area (Å²) in [5, 5.41) is 17.2. The van der Waals surface area contributed by atoms with Gasteiger partial charge in [-0.3, -0.25) is 0 Å². The van der Waals surface area contributed by atoms with Crippen LogP contribution in [0.5, 0.6) is 0 Å². The van der Waals surface area contributed by atoms with Crippen LogP contribution >= 0.6 is 0 Å². The molecule has 0 aliphatic carbocycles. The Labute approximate surface area is 75.2 Å². The largest absolute Gasteiger partial charge is 0.478 e. The van der Waals surface area contributed by atoms with Gasteiger partial charge in [0.1, 0.15) is 0 Å². The molecular weight excluding hydrogens is 168 g/mol. The molecule has 0 fully saturated rings. The second kappa shape index (κ2) is 3.59. The third-order valence-corrected chi connectivity index (χ3v) is 1.63. The van der Waals surface area contributed by atoms with E-state index < -0.39 is 5.97 Å². The van der Waals surface area contributed by atoms with Crippen LogP contribution in [0, 0.1) is 11.3 Å². The summed E-state index contributed by atoms with van der Waals surface area (Å²) >= 11 is 0. The number of nitrogens with zero attached hydrogens (tertiary/aromatic N) is 1. The maximum absolute atomic E-state index is 10.7. The average molecular weight is 176 g/mol. The molecule has 1 rings (SSSR count). The minimum Gasteiger partial charge on any atom is -0.478 e. The Bertz CT molecular complexity index is 380. The van der Waals surface area contributed by atoms with Gasteiger partial charge >= 0.3 is 5.97 Å². The summed E-state index contributed by atoms with van der Waals surface area (Å²) in [5.74, 6) is -1.06. The first-order valence-electron chi connectivity index (χ1n) is 3.64. The minimum atomic E-state index is -1.06. The van der Waals surface area contributed by atoms with Gasteiger partial charge in [0.2, 0.25) is 0 Å². The van der Waals surface area contributed by atoms with Crippen LogP contribution in [0.25, 0.3) is 0 Å². The molecule has 0 bridgehead atoms. The molecule has 0 spiro atoms. The number of hydrogen-bond acceptors (Lipinski definition) is 3. The van der Waals surface area contributed by atoms with Crippen molar-refractivity contribution >= 4 is 11.7 Å². The normalized spacial score (nSPS) is 9.15. The molecule has 0 radical (unpaired) electrons. The third-order valence-electron chi connectivity index (χ3n) is 1.63. The summed E-state index contributed by atoms with van der Waals surface area (Å²) in [4.78, 5) is 10.7. The molecule has 4 nitrogen and oxygen atoms in total. The van der Waals surface area contributed by atoms with Crippen LogP contribution in [0.4, 0.5) is 5.69 Å². The van der Waals surface area contributed by atoms with E-state index in [1.165, 1.54) is 6.07 Å². The SMILES string of the molecule is N#CCc1ccc(N)cc1C(=O)O. The van der Waals surface area contributed by atoms with Crippen molar-refractivity contribution in [2.45, 2.75) is 6.42 Å². The highest BCUT2D eigenvalue weighted by Gasteiger charge is 2.09. The minimum absolute atomic E-state index is 0.0852.